The van der Waals surface area contributed by atoms with Crippen LogP contribution in [0, 0.1) is 0 Å². The molecule has 0 spiro atoms. The standard InChI is InChI=1S/C15H29N3O/c1-6-14(7-2)18-9-8-13(17-18)10-15(5,19)11-16-12(3)4/h8-9,12,14,16,19H,6-7,10-11H2,1-5H3. The summed E-state index contributed by atoms with van der Waals surface area (Å²) in [4.78, 5) is 0. The Morgan fingerprint density at radius 3 is 2.53 bits per heavy atom. The van der Waals surface area contributed by atoms with Gasteiger partial charge in [0.1, 0.15) is 0 Å². The van der Waals surface area contributed by atoms with E-state index in [1.165, 1.54) is 0 Å². The fourth-order valence-electron chi connectivity index (χ4n) is 2.21. The number of rotatable bonds is 8. The Bertz CT molecular complexity index is 367. The number of nitrogens with zero attached hydrogens (tertiary/aromatic N) is 2. The molecule has 0 aliphatic rings. The lowest BCUT2D eigenvalue weighted by Crippen LogP contribution is -2.42. The van der Waals surface area contributed by atoms with Crippen LogP contribution in [-0.4, -0.2) is 33.1 Å². The second kappa shape index (κ2) is 7.06. The molecule has 1 aromatic heterocycles. The van der Waals surface area contributed by atoms with Gasteiger partial charge in [0.25, 0.3) is 0 Å². The van der Waals surface area contributed by atoms with Gasteiger partial charge in [0, 0.05) is 25.2 Å². The van der Waals surface area contributed by atoms with E-state index in [0.29, 0.717) is 25.0 Å². The lowest BCUT2D eigenvalue weighted by atomic mass is 10.00. The second-order valence-electron chi connectivity index (χ2n) is 5.97. The molecule has 0 radical (unpaired) electrons. The third kappa shape index (κ3) is 5.33. The molecule has 2 N–H and O–H groups in total. The van der Waals surface area contributed by atoms with E-state index in [9.17, 15) is 5.11 Å². The summed E-state index contributed by atoms with van der Waals surface area (Å²) in [6.07, 6.45) is 4.78. The van der Waals surface area contributed by atoms with Crippen molar-refractivity contribution >= 4 is 0 Å². The average Bonchev–Trinajstić information content (AvgIpc) is 2.76. The Labute approximate surface area is 117 Å². The van der Waals surface area contributed by atoms with Gasteiger partial charge < -0.3 is 10.4 Å². The Kier molecular flexibility index (Phi) is 6.01. The molecule has 4 nitrogen and oxygen atoms in total. The van der Waals surface area contributed by atoms with Gasteiger partial charge in [-0.3, -0.25) is 4.68 Å². The molecule has 1 aromatic rings. The Hall–Kier alpha value is -0.870. The molecule has 4 heteroatoms. The van der Waals surface area contributed by atoms with Crippen molar-refractivity contribution in [3.8, 4) is 0 Å². The fraction of sp³-hybridized carbons (Fsp3) is 0.800. The first-order valence-corrected chi connectivity index (χ1v) is 7.37. The van der Waals surface area contributed by atoms with Crippen molar-refractivity contribution in [2.24, 2.45) is 0 Å². The second-order valence-corrected chi connectivity index (χ2v) is 5.97. The Balaban J connectivity index is 2.61. The van der Waals surface area contributed by atoms with Gasteiger partial charge in [-0.05, 0) is 25.8 Å². The van der Waals surface area contributed by atoms with Gasteiger partial charge in [-0.1, -0.05) is 27.7 Å². The van der Waals surface area contributed by atoms with Crippen LogP contribution in [0.4, 0.5) is 0 Å². The van der Waals surface area contributed by atoms with Gasteiger partial charge in [-0.15, -0.1) is 0 Å². The first-order valence-electron chi connectivity index (χ1n) is 7.37. The van der Waals surface area contributed by atoms with Crippen molar-refractivity contribution in [1.29, 1.82) is 0 Å². The monoisotopic (exact) mass is 267 g/mol. The molecule has 0 fully saturated rings. The maximum absolute atomic E-state index is 10.4. The highest BCUT2D eigenvalue weighted by Gasteiger charge is 2.22. The molecule has 0 bridgehead atoms. The normalized spacial score (nSPS) is 15.2. The van der Waals surface area contributed by atoms with Gasteiger partial charge in [0.2, 0.25) is 0 Å². The van der Waals surface area contributed by atoms with Crippen LogP contribution in [0.3, 0.4) is 0 Å². The third-order valence-corrected chi connectivity index (χ3v) is 3.43. The molecule has 1 rings (SSSR count). The Morgan fingerprint density at radius 2 is 2.00 bits per heavy atom. The van der Waals surface area contributed by atoms with Crippen LogP contribution in [0.2, 0.25) is 0 Å². The van der Waals surface area contributed by atoms with Crippen molar-refractivity contribution in [2.75, 3.05) is 6.54 Å². The average molecular weight is 267 g/mol. The van der Waals surface area contributed by atoms with Crippen LogP contribution in [0.1, 0.15) is 59.2 Å². The minimum Gasteiger partial charge on any atom is -0.388 e. The maximum Gasteiger partial charge on any atom is 0.0799 e. The number of hydrogen-bond donors (Lipinski definition) is 2. The van der Waals surface area contributed by atoms with Crippen LogP contribution in [0.5, 0.6) is 0 Å². The molecule has 1 atom stereocenters. The fourth-order valence-corrected chi connectivity index (χ4v) is 2.21. The van der Waals surface area contributed by atoms with E-state index < -0.39 is 5.60 Å². The molecule has 0 aliphatic carbocycles. The van der Waals surface area contributed by atoms with Crippen molar-refractivity contribution in [1.82, 2.24) is 15.1 Å². The lowest BCUT2D eigenvalue weighted by molar-refractivity contribution is 0.0569. The van der Waals surface area contributed by atoms with Crippen LogP contribution >= 0.6 is 0 Å². The van der Waals surface area contributed by atoms with E-state index >= 15 is 0 Å². The summed E-state index contributed by atoms with van der Waals surface area (Å²) < 4.78 is 2.03. The number of aromatic nitrogens is 2. The van der Waals surface area contributed by atoms with Gasteiger partial charge in [0.15, 0.2) is 0 Å². The largest absolute Gasteiger partial charge is 0.388 e. The number of hydrogen-bond acceptors (Lipinski definition) is 3. The topological polar surface area (TPSA) is 50.1 Å². The zero-order valence-corrected chi connectivity index (χ0v) is 13.0. The first kappa shape index (κ1) is 16.2. The molecular formula is C15H29N3O. The van der Waals surface area contributed by atoms with Gasteiger partial charge in [-0.25, -0.2) is 0 Å². The van der Waals surface area contributed by atoms with Crippen molar-refractivity contribution < 1.29 is 5.11 Å². The Morgan fingerprint density at radius 1 is 1.37 bits per heavy atom. The van der Waals surface area contributed by atoms with E-state index in [4.69, 9.17) is 0 Å². The predicted molar refractivity (Wildman–Crippen MR) is 79.3 cm³/mol. The SMILES string of the molecule is CCC(CC)n1ccc(CC(C)(O)CNC(C)C)n1. The quantitative estimate of drug-likeness (QED) is 0.761. The summed E-state index contributed by atoms with van der Waals surface area (Å²) in [5.74, 6) is 0. The molecule has 0 saturated heterocycles. The zero-order chi connectivity index (χ0) is 14.5. The summed E-state index contributed by atoms with van der Waals surface area (Å²) in [6.45, 7) is 11.0. The van der Waals surface area contributed by atoms with E-state index in [-0.39, 0.29) is 0 Å². The minimum atomic E-state index is -0.753. The summed E-state index contributed by atoms with van der Waals surface area (Å²) in [5.41, 5.74) is 0.208. The molecule has 0 amide bonds. The summed E-state index contributed by atoms with van der Waals surface area (Å²) in [7, 11) is 0. The van der Waals surface area contributed by atoms with Crippen LogP contribution in [0.15, 0.2) is 12.3 Å². The molecule has 0 aromatic carbocycles. The molecule has 1 unspecified atom stereocenters. The van der Waals surface area contributed by atoms with Crippen molar-refractivity contribution in [3.63, 3.8) is 0 Å². The van der Waals surface area contributed by atoms with Gasteiger partial charge in [0.05, 0.1) is 17.3 Å². The van der Waals surface area contributed by atoms with Crippen LogP contribution in [0.25, 0.3) is 0 Å². The number of aliphatic hydroxyl groups is 1. The highest BCUT2D eigenvalue weighted by molar-refractivity contribution is 5.04. The first-order chi connectivity index (χ1) is 8.88. The molecule has 0 aliphatic heterocycles. The summed E-state index contributed by atoms with van der Waals surface area (Å²) in [5, 5.41) is 18.2. The predicted octanol–water partition coefficient (Wildman–Crippen LogP) is 2.54. The molecule has 110 valence electrons. The van der Waals surface area contributed by atoms with Crippen LogP contribution in [-0.2, 0) is 6.42 Å². The van der Waals surface area contributed by atoms with Crippen LogP contribution < -0.4 is 5.32 Å². The smallest absolute Gasteiger partial charge is 0.0799 e. The third-order valence-electron chi connectivity index (χ3n) is 3.43. The molecule has 1 heterocycles. The number of nitrogens with one attached hydrogen (secondary N) is 1. The van der Waals surface area contributed by atoms with E-state index in [1.54, 1.807) is 0 Å². The van der Waals surface area contributed by atoms with E-state index in [1.807, 2.05) is 23.9 Å². The molecule has 19 heavy (non-hydrogen) atoms. The zero-order valence-electron chi connectivity index (χ0n) is 13.0. The lowest BCUT2D eigenvalue weighted by Gasteiger charge is -2.24. The van der Waals surface area contributed by atoms with Crippen molar-refractivity contribution in [2.45, 2.75) is 71.6 Å². The van der Waals surface area contributed by atoms with E-state index in [0.717, 1.165) is 18.5 Å². The molecular weight excluding hydrogens is 238 g/mol. The minimum absolute atomic E-state index is 0.383. The summed E-state index contributed by atoms with van der Waals surface area (Å²) in [6, 6.07) is 2.86. The maximum atomic E-state index is 10.4. The highest BCUT2D eigenvalue weighted by Crippen LogP contribution is 2.17. The summed E-state index contributed by atoms with van der Waals surface area (Å²) >= 11 is 0. The highest BCUT2D eigenvalue weighted by atomic mass is 16.3. The van der Waals surface area contributed by atoms with Gasteiger partial charge in [-0.2, -0.15) is 5.10 Å². The van der Waals surface area contributed by atoms with Crippen molar-refractivity contribution in [3.05, 3.63) is 18.0 Å². The van der Waals surface area contributed by atoms with E-state index in [2.05, 4.69) is 38.1 Å². The molecule has 0 saturated carbocycles. The van der Waals surface area contributed by atoms with Gasteiger partial charge >= 0.3 is 0 Å².